The summed E-state index contributed by atoms with van der Waals surface area (Å²) < 4.78 is 56.9. The molecule has 0 radical (unpaired) electrons. The maximum atomic E-state index is 12.0. The van der Waals surface area contributed by atoms with Gasteiger partial charge in [-0.05, 0) is 12.1 Å². The summed E-state index contributed by atoms with van der Waals surface area (Å²) in [6.07, 6.45) is -5.08. The third kappa shape index (κ3) is 6.51. The van der Waals surface area contributed by atoms with Gasteiger partial charge < -0.3 is 10.8 Å². The summed E-state index contributed by atoms with van der Waals surface area (Å²) in [5.74, 6) is -2.76. The fraction of sp³-hybridized carbons (Fsp3) is 0.364. The first-order valence-corrected chi connectivity index (χ1v) is 7.95. The number of hydrogen-bond acceptors (Lipinski definition) is 4. The van der Waals surface area contributed by atoms with Gasteiger partial charge >= 0.3 is 12.1 Å². The monoisotopic (exact) mass is 396 g/mol. The fourth-order valence-electron chi connectivity index (χ4n) is 1.15. The number of benzene rings is 1. The highest BCUT2D eigenvalue weighted by Gasteiger charge is 2.38. The number of carboxylic acid groups (broad SMARTS) is 1. The Bertz CT molecular complexity index is 653. The molecule has 132 valence electrons. The van der Waals surface area contributed by atoms with Gasteiger partial charge in [0.05, 0.1) is 10.0 Å². The molecule has 0 spiro atoms. The van der Waals surface area contributed by atoms with Gasteiger partial charge in [-0.3, -0.25) is 0 Å². The molecule has 0 aliphatic carbocycles. The molecule has 0 saturated heterocycles. The summed E-state index contributed by atoms with van der Waals surface area (Å²) in [5.41, 5.74) is 5.31. The van der Waals surface area contributed by atoms with Gasteiger partial charge in [0, 0.05) is 20.1 Å². The number of alkyl halides is 3. The number of likely N-dealkylation sites (N-methyl/N-ethyl adjacent to an activating group) is 1. The van der Waals surface area contributed by atoms with E-state index < -0.39 is 22.2 Å². The minimum atomic E-state index is -5.08. The van der Waals surface area contributed by atoms with Crippen molar-refractivity contribution in [3.05, 3.63) is 28.2 Å². The van der Waals surface area contributed by atoms with E-state index >= 15 is 0 Å². The van der Waals surface area contributed by atoms with E-state index in [1.54, 1.807) is 0 Å². The van der Waals surface area contributed by atoms with Crippen LogP contribution in [-0.4, -0.2) is 50.1 Å². The molecule has 0 unspecified atom stereocenters. The topological polar surface area (TPSA) is 101 Å². The van der Waals surface area contributed by atoms with Gasteiger partial charge in [-0.15, -0.1) is 0 Å². The van der Waals surface area contributed by atoms with Crippen LogP contribution in [0, 0.1) is 0 Å². The second-order valence-electron chi connectivity index (χ2n) is 3.97. The molecule has 0 saturated carbocycles. The molecule has 0 heterocycles. The van der Waals surface area contributed by atoms with Crippen molar-refractivity contribution in [2.24, 2.45) is 5.73 Å². The standard InChI is InChI=1S/C9H12Cl2N2O2S.C2HF3O2/c1-13(6-5-12)16(14,15)8-4-2-3-7(10)9(8)11;3-2(4,5)1(6)7/h2-4H,5-6,12H2,1H3;(H,6,7). The van der Waals surface area contributed by atoms with Gasteiger partial charge in [0.1, 0.15) is 4.90 Å². The number of carbonyl (C=O) groups is 1. The number of halogens is 5. The van der Waals surface area contributed by atoms with Crippen LogP contribution in [0.15, 0.2) is 23.1 Å². The summed E-state index contributed by atoms with van der Waals surface area (Å²) in [6.45, 7) is 0.471. The normalized spacial score (nSPS) is 11.8. The predicted molar refractivity (Wildman–Crippen MR) is 79.0 cm³/mol. The Hall–Kier alpha value is -1.07. The van der Waals surface area contributed by atoms with Crippen LogP contribution in [0.2, 0.25) is 10.0 Å². The highest BCUT2D eigenvalue weighted by atomic mass is 35.5. The van der Waals surface area contributed by atoms with Gasteiger partial charge in [-0.25, -0.2) is 13.2 Å². The summed E-state index contributed by atoms with van der Waals surface area (Å²) in [5, 5.41) is 7.37. The number of carboxylic acids is 1. The average Bonchev–Trinajstić information content (AvgIpc) is 2.41. The van der Waals surface area contributed by atoms with E-state index in [1.165, 1.54) is 25.2 Å². The minimum Gasteiger partial charge on any atom is -0.475 e. The van der Waals surface area contributed by atoms with Gasteiger partial charge in [-0.2, -0.15) is 17.5 Å². The lowest BCUT2D eigenvalue weighted by Gasteiger charge is -2.17. The predicted octanol–water partition coefficient (Wildman–Crippen LogP) is 2.21. The first-order valence-electron chi connectivity index (χ1n) is 5.76. The van der Waals surface area contributed by atoms with E-state index in [0.717, 1.165) is 4.31 Å². The Balaban J connectivity index is 0.000000585. The van der Waals surface area contributed by atoms with Crippen LogP contribution in [0.5, 0.6) is 0 Å². The molecule has 1 aromatic rings. The fourth-order valence-corrected chi connectivity index (χ4v) is 3.07. The molecule has 0 bridgehead atoms. The van der Waals surface area contributed by atoms with E-state index in [0.29, 0.717) is 0 Å². The van der Waals surface area contributed by atoms with Crippen molar-refractivity contribution >= 4 is 39.2 Å². The lowest BCUT2D eigenvalue weighted by molar-refractivity contribution is -0.192. The molecular formula is C11H13Cl2F3N2O4S. The lowest BCUT2D eigenvalue weighted by atomic mass is 10.4. The Morgan fingerprint density at radius 2 is 1.83 bits per heavy atom. The summed E-state index contributed by atoms with van der Waals surface area (Å²) in [4.78, 5) is 8.89. The van der Waals surface area contributed by atoms with Gasteiger partial charge in [0.2, 0.25) is 10.0 Å². The van der Waals surface area contributed by atoms with Crippen LogP contribution in [0.3, 0.4) is 0 Å². The van der Waals surface area contributed by atoms with Gasteiger partial charge in [0.25, 0.3) is 0 Å². The van der Waals surface area contributed by atoms with E-state index in [9.17, 15) is 21.6 Å². The number of nitrogens with zero attached hydrogens (tertiary/aromatic N) is 1. The quantitative estimate of drug-likeness (QED) is 0.812. The Morgan fingerprint density at radius 1 is 1.35 bits per heavy atom. The van der Waals surface area contributed by atoms with Crippen LogP contribution in [0.4, 0.5) is 13.2 Å². The molecule has 3 N–H and O–H groups in total. The minimum absolute atomic E-state index is 0.00221. The van der Waals surface area contributed by atoms with Crippen LogP contribution in [0.25, 0.3) is 0 Å². The van der Waals surface area contributed by atoms with Crippen LogP contribution >= 0.6 is 23.2 Å². The Kier molecular flexibility index (Phi) is 8.29. The van der Waals surface area contributed by atoms with Crippen molar-refractivity contribution in [2.45, 2.75) is 11.1 Å². The Morgan fingerprint density at radius 3 is 2.22 bits per heavy atom. The molecule has 0 aliphatic rings. The number of nitrogens with two attached hydrogens (primary N) is 1. The van der Waals surface area contributed by atoms with Crippen molar-refractivity contribution in [3.8, 4) is 0 Å². The molecule has 23 heavy (non-hydrogen) atoms. The molecule has 1 aromatic carbocycles. The van der Waals surface area contributed by atoms with Gasteiger partial charge in [0.15, 0.2) is 0 Å². The lowest BCUT2D eigenvalue weighted by Crippen LogP contribution is -2.31. The zero-order valence-electron chi connectivity index (χ0n) is 11.6. The third-order valence-corrected chi connectivity index (χ3v) is 5.12. The molecule has 12 heteroatoms. The summed E-state index contributed by atoms with van der Waals surface area (Å²) in [7, 11) is -2.17. The third-order valence-electron chi connectivity index (χ3n) is 2.29. The zero-order chi connectivity index (χ0) is 18.4. The van der Waals surface area contributed by atoms with E-state index in [4.69, 9.17) is 38.8 Å². The molecule has 0 aromatic heterocycles. The van der Waals surface area contributed by atoms with Crippen molar-refractivity contribution in [1.82, 2.24) is 4.31 Å². The largest absolute Gasteiger partial charge is 0.490 e. The Labute approximate surface area is 140 Å². The molecule has 0 atom stereocenters. The number of aliphatic carboxylic acids is 1. The van der Waals surface area contributed by atoms with E-state index in [1.807, 2.05) is 0 Å². The van der Waals surface area contributed by atoms with E-state index in [-0.39, 0.29) is 28.0 Å². The highest BCUT2D eigenvalue weighted by molar-refractivity contribution is 7.89. The maximum Gasteiger partial charge on any atom is 0.490 e. The van der Waals surface area contributed by atoms with Crippen LogP contribution < -0.4 is 5.73 Å². The number of sulfonamides is 1. The number of rotatable bonds is 4. The van der Waals surface area contributed by atoms with Crippen LogP contribution in [0.1, 0.15) is 0 Å². The summed E-state index contributed by atoms with van der Waals surface area (Å²) >= 11 is 11.6. The van der Waals surface area contributed by atoms with Crippen molar-refractivity contribution in [3.63, 3.8) is 0 Å². The van der Waals surface area contributed by atoms with E-state index in [2.05, 4.69) is 0 Å². The molecule has 1 rings (SSSR count). The number of hydrogen-bond donors (Lipinski definition) is 2. The molecular weight excluding hydrogens is 384 g/mol. The first-order chi connectivity index (χ1) is 10.4. The molecule has 6 nitrogen and oxygen atoms in total. The smallest absolute Gasteiger partial charge is 0.475 e. The molecule has 0 aliphatic heterocycles. The highest BCUT2D eigenvalue weighted by Crippen LogP contribution is 2.30. The van der Waals surface area contributed by atoms with Crippen molar-refractivity contribution in [1.29, 1.82) is 0 Å². The zero-order valence-corrected chi connectivity index (χ0v) is 14.0. The second-order valence-corrected chi connectivity index (χ2v) is 6.77. The van der Waals surface area contributed by atoms with Crippen LogP contribution in [-0.2, 0) is 14.8 Å². The molecule has 0 fully saturated rings. The van der Waals surface area contributed by atoms with Crippen molar-refractivity contribution < 1.29 is 31.5 Å². The molecule has 0 amide bonds. The second kappa shape index (κ2) is 8.69. The summed E-state index contributed by atoms with van der Waals surface area (Å²) in [6, 6.07) is 4.49. The maximum absolute atomic E-state index is 12.0. The van der Waals surface area contributed by atoms with Crippen molar-refractivity contribution in [2.75, 3.05) is 20.1 Å². The average molecular weight is 397 g/mol. The first kappa shape index (κ1) is 21.9. The van der Waals surface area contributed by atoms with Gasteiger partial charge in [-0.1, -0.05) is 29.3 Å². The SMILES string of the molecule is CN(CCN)S(=O)(=O)c1cccc(Cl)c1Cl.O=C(O)C(F)(F)F.